The Morgan fingerprint density at radius 3 is 2.60 bits per heavy atom. The second-order valence-electron chi connectivity index (χ2n) is 3.86. The number of carbonyl (C=O) groups is 1. The molecule has 20 heavy (non-hydrogen) atoms. The van der Waals surface area contributed by atoms with Crippen LogP contribution in [-0.2, 0) is 4.79 Å². The average Bonchev–Trinajstić information content (AvgIpc) is 2.47. The van der Waals surface area contributed by atoms with E-state index in [1.807, 2.05) is 0 Å². The summed E-state index contributed by atoms with van der Waals surface area (Å²) in [7, 11) is 3.11. The van der Waals surface area contributed by atoms with Crippen LogP contribution in [0, 0.1) is 0 Å². The Balaban J connectivity index is 2.99. The van der Waals surface area contributed by atoms with Crippen molar-refractivity contribution in [3.8, 4) is 11.5 Å². The molecule has 0 radical (unpaired) electrons. The molecule has 4 nitrogen and oxygen atoms in total. The van der Waals surface area contributed by atoms with Gasteiger partial charge in [0.05, 0.1) is 19.9 Å². The van der Waals surface area contributed by atoms with Crippen LogP contribution in [0.25, 0.3) is 0 Å². The number of methoxy groups -OCH3 is 2. The first kappa shape index (κ1) is 15.6. The van der Waals surface area contributed by atoms with Crippen LogP contribution in [0.5, 0.6) is 11.5 Å². The van der Waals surface area contributed by atoms with E-state index in [1.165, 1.54) is 0 Å². The quantitative estimate of drug-likeness (QED) is 0.639. The van der Waals surface area contributed by atoms with Gasteiger partial charge >= 0.3 is 0 Å². The van der Waals surface area contributed by atoms with Crippen molar-refractivity contribution >= 4 is 11.6 Å². The van der Waals surface area contributed by atoms with Crippen LogP contribution in [0.1, 0.15) is 6.92 Å². The molecule has 1 amide bonds. The SMILES string of the molecule is C=C/C=C\C(=C/C)C(=O)Nc1cc(OC)ccc1OC. The monoisotopic (exact) mass is 273 g/mol. The lowest BCUT2D eigenvalue weighted by Gasteiger charge is -2.12. The molecule has 0 fully saturated rings. The summed E-state index contributed by atoms with van der Waals surface area (Å²) in [5.41, 5.74) is 1.10. The molecule has 0 aliphatic heterocycles. The molecule has 0 atom stereocenters. The molecule has 0 aliphatic rings. The predicted molar refractivity (Wildman–Crippen MR) is 81.3 cm³/mol. The van der Waals surface area contributed by atoms with Crippen molar-refractivity contribution in [1.82, 2.24) is 0 Å². The molecule has 0 saturated heterocycles. The maximum Gasteiger partial charge on any atom is 0.255 e. The number of hydrogen-bond donors (Lipinski definition) is 1. The lowest BCUT2D eigenvalue weighted by Crippen LogP contribution is -2.14. The predicted octanol–water partition coefficient (Wildman–Crippen LogP) is 3.33. The minimum atomic E-state index is -0.225. The number of nitrogens with one attached hydrogen (secondary N) is 1. The van der Waals surface area contributed by atoms with Gasteiger partial charge in [-0.05, 0) is 25.1 Å². The topological polar surface area (TPSA) is 47.6 Å². The number of carbonyl (C=O) groups excluding carboxylic acids is 1. The standard InChI is InChI=1S/C16H19NO3/c1-5-7-8-12(6-2)16(18)17-14-11-13(19-3)9-10-15(14)20-4/h5-11H,1H2,2-4H3,(H,17,18)/b8-7-,12-6+. The lowest BCUT2D eigenvalue weighted by molar-refractivity contribution is -0.112. The average molecular weight is 273 g/mol. The summed E-state index contributed by atoms with van der Waals surface area (Å²) in [6, 6.07) is 5.22. The van der Waals surface area contributed by atoms with Crippen LogP contribution in [0.2, 0.25) is 0 Å². The largest absolute Gasteiger partial charge is 0.497 e. The van der Waals surface area contributed by atoms with Gasteiger partial charge in [0, 0.05) is 11.6 Å². The van der Waals surface area contributed by atoms with E-state index in [1.54, 1.807) is 63.6 Å². The van der Waals surface area contributed by atoms with E-state index in [0.717, 1.165) is 0 Å². The highest BCUT2D eigenvalue weighted by Crippen LogP contribution is 2.29. The molecule has 0 aliphatic carbocycles. The normalized spacial score (nSPS) is 11.2. The second kappa shape index (κ2) is 7.84. The minimum absolute atomic E-state index is 0.225. The Bertz CT molecular complexity index is 545. The highest BCUT2D eigenvalue weighted by molar-refractivity contribution is 6.06. The van der Waals surface area contributed by atoms with E-state index in [0.29, 0.717) is 22.8 Å². The van der Waals surface area contributed by atoms with Crippen molar-refractivity contribution in [2.24, 2.45) is 0 Å². The summed E-state index contributed by atoms with van der Waals surface area (Å²) >= 11 is 0. The van der Waals surface area contributed by atoms with Gasteiger partial charge in [-0.2, -0.15) is 0 Å². The van der Waals surface area contributed by atoms with Gasteiger partial charge in [-0.15, -0.1) is 0 Å². The molecule has 0 aromatic heterocycles. The Morgan fingerprint density at radius 2 is 2.05 bits per heavy atom. The van der Waals surface area contributed by atoms with Crippen LogP contribution in [0.4, 0.5) is 5.69 Å². The molecule has 0 bridgehead atoms. The Kier molecular flexibility index (Phi) is 6.10. The molecule has 1 aromatic carbocycles. The number of amides is 1. The zero-order valence-corrected chi connectivity index (χ0v) is 12.0. The Labute approximate surface area is 119 Å². The van der Waals surface area contributed by atoms with E-state index >= 15 is 0 Å². The van der Waals surface area contributed by atoms with Crippen molar-refractivity contribution in [3.05, 3.63) is 54.7 Å². The zero-order valence-electron chi connectivity index (χ0n) is 12.0. The first-order chi connectivity index (χ1) is 9.65. The fourth-order valence-electron chi connectivity index (χ4n) is 1.58. The summed E-state index contributed by atoms with van der Waals surface area (Å²) in [6.07, 6.45) is 6.73. The molecule has 1 N–H and O–H groups in total. The zero-order chi connectivity index (χ0) is 15.0. The summed E-state index contributed by atoms with van der Waals surface area (Å²) < 4.78 is 10.4. The van der Waals surface area contributed by atoms with Gasteiger partial charge in [0.2, 0.25) is 0 Å². The van der Waals surface area contributed by atoms with E-state index in [2.05, 4.69) is 11.9 Å². The molecule has 0 spiro atoms. The van der Waals surface area contributed by atoms with Crippen LogP contribution in [0.3, 0.4) is 0 Å². The van der Waals surface area contributed by atoms with E-state index in [4.69, 9.17) is 9.47 Å². The number of ether oxygens (including phenoxy) is 2. The highest BCUT2D eigenvalue weighted by Gasteiger charge is 2.10. The first-order valence-electron chi connectivity index (χ1n) is 6.15. The summed E-state index contributed by atoms with van der Waals surface area (Å²) in [4.78, 5) is 12.2. The van der Waals surface area contributed by atoms with E-state index in [-0.39, 0.29) is 5.91 Å². The maximum absolute atomic E-state index is 12.2. The molecular weight excluding hydrogens is 254 g/mol. The Hall–Kier alpha value is -2.49. The van der Waals surface area contributed by atoms with Crippen molar-refractivity contribution in [2.45, 2.75) is 6.92 Å². The number of rotatable bonds is 6. The molecule has 0 unspecified atom stereocenters. The van der Waals surface area contributed by atoms with Gasteiger partial charge in [0.15, 0.2) is 0 Å². The van der Waals surface area contributed by atoms with Crippen molar-refractivity contribution in [1.29, 1.82) is 0 Å². The summed E-state index contributed by atoms with van der Waals surface area (Å²) in [5, 5.41) is 2.80. The smallest absolute Gasteiger partial charge is 0.255 e. The number of hydrogen-bond acceptors (Lipinski definition) is 3. The molecule has 0 heterocycles. The van der Waals surface area contributed by atoms with Crippen LogP contribution >= 0.6 is 0 Å². The molecular formula is C16H19NO3. The maximum atomic E-state index is 12.2. The van der Waals surface area contributed by atoms with Gasteiger partial charge in [-0.1, -0.05) is 24.8 Å². The third kappa shape index (κ3) is 4.02. The number of benzene rings is 1. The number of allylic oxidation sites excluding steroid dienone is 3. The molecule has 1 rings (SSSR count). The van der Waals surface area contributed by atoms with Crippen LogP contribution in [0.15, 0.2) is 54.7 Å². The van der Waals surface area contributed by atoms with Crippen molar-refractivity contribution in [3.63, 3.8) is 0 Å². The van der Waals surface area contributed by atoms with Gasteiger partial charge in [0.1, 0.15) is 11.5 Å². The molecule has 106 valence electrons. The first-order valence-corrected chi connectivity index (χ1v) is 6.15. The molecule has 1 aromatic rings. The van der Waals surface area contributed by atoms with Gasteiger partial charge in [-0.3, -0.25) is 4.79 Å². The van der Waals surface area contributed by atoms with Crippen LogP contribution in [-0.4, -0.2) is 20.1 Å². The molecule has 4 heteroatoms. The molecule has 0 saturated carbocycles. The fourth-order valence-corrected chi connectivity index (χ4v) is 1.58. The van der Waals surface area contributed by atoms with E-state index < -0.39 is 0 Å². The summed E-state index contributed by atoms with van der Waals surface area (Å²) in [6.45, 7) is 5.37. The van der Waals surface area contributed by atoms with Crippen molar-refractivity contribution < 1.29 is 14.3 Å². The summed E-state index contributed by atoms with van der Waals surface area (Å²) in [5.74, 6) is 0.990. The van der Waals surface area contributed by atoms with E-state index in [9.17, 15) is 4.79 Å². The highest BCUT2D eigenvalue weighted by atomic mass is 16.5. The van der Waals surface area contributed by atoms with Gasteiger partial charge in [-0.25, -0.2) is 0 Å². The third-order valence-corrected chi connectivity index (χ3v) is 2.64. The van der Waals surface area contributed by atoms with Gasteiger partial charge < -0.3 is 14.8 Å². The fraction of sp³-hybridized carbons (Fsp3) is 0.188. The number of anilines is 1. The Morgan fingerprint density at radius 1 is 1.30 bits per heavy atom. The van der Waals surface area contributed by atoms with Gasteiger partial charge in [0.25, 0.3) is 5.91 Å². The van der Waals surface area contributed by atoms with Crippen LogP contribution < -0.4 is 14.8 Å². The lowest BCUT2D eigenvalue weighted by atomic mass is 10.2. The minimum Gasteiger partial charge on any atom is -0.497 e. The van der Waals surface area contributed by atoms with Crippen molar-refractivity contribution in [2.75, 3.05) is 19.5 Å². The third-order valence-electron chi connectivity index (χ3n) is 2.64. The second-order valence-corrected chi connectivity index (χ2v) is 3.86.